The molecule has 3 heterocycles. The molecular weight excluding hydrogens is 519 g/mol. The Morgan fingerprint density at radius 3 is 2.57 bits per heavy atom. The van der Waals surface area contributed by atoms with Crippen molar-refractivity contribution in [3.63, 3.8) is 0 Å². The van der Waals surface area contributed by atoms with Crippen LogP contribution >= 0.6 is 23.2 Å². The first-order chi connectivity index (χ1) is 17.7. The summed E-state index contributed by atoms with van der Waals surface area (Å²) in [5.41, 5.74) is 6.11. The number of nitrogens with two attached hydrogens (primary N) is 1. The Bertz CT molecular complexity index is 1050. The molecular formula is C25H34Cl2N6O4. The lowest BCUT2D eigenvalue weighted by Gasteiger charge is -2.48. The predicted molar refractivity (Wildman–Crippen MR) is 139 cm³/mol. The molecule has 3 saturated heterocycles. The maximum absolute atomic E-state index is 13.3. The molecule has 3 unspecified atom stereocenters. The van der Waals surface area contributed by atoms with Crippen molar-refractivity contribution in [1.29, 1.82) is 0 Å². The largest absolute Gasteiger partial charge is 0.376 e. The van der Waals surface area contributed by atoms with Crippen molar-refractivity contribution in [2.24, 2.45) is 11.7 Å². The quantitative estimate of drug-likeness (QED) is 0.467. The first kappa shape index (κ1) is 26.6. The Kier molecular flexibility index (Phi) is 7.95. The van der Waals surface area contributed by atoms with Crippen molar-refractivity contribution in [3.8, 4) is 0 Å². The third kappa shape index (κ3) is 5.74. The highest BCUT2D eigenvalue weighted by molar-refractivity contribution is 6.42. The Morgan fingerprint density at radius 2 is 1.89 bits per heavy atom. The number of carbonyl (C=O) groups excluding carboxylic acids is 3. The molecule has 1 saturated carbocycles. The first-order valence-corrected chi connectivity index (χ1v) is 13.6. The summed E-state index contributed by atoms with van der Waals surface area (Å²) in [5.74, 6) is -0.374. The number of nitrogens with one attached hydrogen (secondary N) is 2. The van der Waals surface area contributed by atoms with Crippen LogP contribution < -0.4 is 16.4 Å². The van der Waals surface area contributed by atoms with Crippen molar-refractivity contribution >= 4 is 40.9 Å². The van der Waals surface area contributed by atoms with Gasteiger partial charge in [0.05, 0.1) is 35.8 Å². The molecule has 5 rings (SSSR count). The number of carbonyl (C=O) groups is 3. The Morgan fingerprint density at radius 1 is 1.14 bits per heavy atom. The molecule has 0 aromatic heterocycles. The summed E-state index contributed by atoms with van der Waals surface area (Å²) in [7, 11) is 0. The fraction of sp³-hybridized carbons (Fsp3) is 0.640. The standard InChI is InChI=1S/C25H34Cl2N6O4/c26-19-3-1-16(9-20(19)27)11-29-22(34)12-33-15-30-21-4-2-17(10-18(21)23(33)35)31-5-7-32(8-6-31)24(36)25(28)13-37-14-25/h1,3,9,17-18,21,30H,2,4-8,10-15,28H2,(H,29,34). The molecule has 4 aliphatic rings. The second kappa shape index (κ2) is 11.0. The smallest absolute Gasteiger partial charge is 0.247 e. The number of fused-ring (bicyclic) bond motifs is 1. The van der Waals surface area contributed by atoms with Gasteiger partial charge >= 0.3 is 0 Å². The van der Waals surface area contributed by atoms with Gasteiger partial charge in [0.1, 0.15) is 12.1 Å². The molecule has 202 valence electrons. The highest BCUT2D eigenvalue weighted by atomic mass is 35.5. The molecule has 12 heteroatoms. The van der Waals surface area contributed by atoms with Gasteiger partial charge in [-0.05, 0) is 37.0 Å². The minimum absolute atomic E-state index is 0.00633. The van der Waals surface area contributed by atoms with Crippen LogP contribution in [-0.2, 0) is 25.7 Å². The lowest BCUT2D eigenvalue weighted by atomic mass is 9.79. The van der Waals surface area contributed by atoms with E-state index in [0.717, 1.165) is 37.9 Å². The van der Waals surface area contributed by atoms with E-state index in [1.165, 1.54) is 0 Å². The van der Waals surface area contributed by atoms with E-state index in [-0.39, 0.29) is 55.5 Å². The van der Waals surface area contributed by atoms with Crippen molar-refractivity contribution in [2.45, 2.75) is 43.4 Å². The third-order valence-corrected chi connectivity index (χ3v) is 8.81. The number of hydrogen-bond donors (Lipinski definition) is 3. The Labute approximate surface area is 226 Å². The first-order valence-electron chi connectivity index (χ1n) is 12.9. The van der Waals surface area contributed by atoms with E-state index in [2.05, 4.69) is 15.5 Å². The van der Waals surface area contributed by atoms with Crippen LogP contribution in [0.5, 0.6) is 0 Å². The van der Waals surface area contributed by atoms with E-state index in [0.29, 0.717) is 36.3 Å². The van der Waals surface area contributed by atoms with Crippen LogP contribution in [0.2, 0.25) is 10.0 Å². The van der Waals surface area contributed by atoms with E-state index < -0.39 is 5.54 Å². The lowest BCUT2D eigenvalue weighted by Crippen LogP contribution is -2.69. The van der Waals surface area contributed by atoms with Gasteiger partial charge < -0.3 is 25.6 Å². The summed E-state index contributed by atoms with van der Waals surface area (Å²) in [6.45, 7) is 4.09. The van der Waals surface area contributed by atoms with E-state index in [9.17, 15) is 14.4 Å². The third-order valence-electron chi connectivity index (χ3n) is 8.07. The van der Waals surface area contributed by atoms with E-state index >= 15 is 0 Å². The van der Waals surface area contributed by atoms with Gasteiger partial charge in [-0.25, -0.2) is 0 Å². The van der Waals surface area contributed by atoms with Gasteiger partial charge in [0.15, 0.2) is 0 Å². The second-order valence-corrected chi connectivity index (χ2v) is 11.4. The molecule has 4 fully saturated rings. The van der Waals surface area contributed by atoms with Crippen LogP contribution in [0.4, 0.5) is 0 Å². The van der Waals surface area contributed by atoms with Crippen molar-refractivity contribution in [2.75, 3.05) is 52.6 Å². The fourth-order valence-electron chi connectivity index (χ4n) is 5.80. The molecule has 4 N–H and O–H groups in total. The molecule has 10 nitrogen and oxygen atoms in total. The number of piperazine rings is 1. The predicted octanol–water partition coefficient (Wildman–Crippen LogP) is 0.408. The average Bonchev–Trinajstić information content (AvgIpc) is 2.89. The molecule has 3 aliphatic heterocycles. The fourth-order valence-corrected chi connectivity index (χ4v) is 6.12. The molecule has 0 bridgehead atoms. The van der Waals surface area contributed by atoms with Gasteiger partial charge in [-0.15, -0.1) is 0 Å². The maximum Gasteiger partial charge on any atom is 0.247 e. The summed E-state index contributed by atoms with van der Waals surface area (Å²) in [4.78, 5) is 44.5. The molecule has 3 atom stereocenters. The van der Waals surface area contributed by atoms with Crippen LogP contribution in [0.1, 0.15) is 24.8 Å². The lowest BCUT2D eigenvalue weighted by molar-refractivity contribution is -0.156. The summed E-state index contributed by atoms with van der Waals surface area (Å²) in [6.07, 6.45) is 2.68. The van der Waals surface area contributed by atoms with Crippen LogP contribution in [0.15, 0.2) is 18.2 Å². The van der Waals surface area contributed by atoms with Gasteiger partial charge in [-0.2, -0.15) is 0 Å². The SMILES string of the molecule is NC1(C(=O)N2CCN(C3CCC4NCN(CC(=O)NCc5ccc(Cl)c(Cl)c5)C(=O)C4C3)CC2)COC1. The maximum atomic E-state index is 13.3. The minimum Gasteiger partial charge on any atom is -0.376 e. The van der Waals surface area contributed by atoms with Gasteiger partial charge in [0.2, 0.25) is 17.7 Å². The van der Waals surface area contributed by atoms with E-state index in [4.69, 9.17) is 33.7 Å². The number of rotatable bonds is 6. The topological polar surface area (TPSA) is 120 Å². The van der Waals surface area contributed by atoms with Gasteiger partial charge in [0, 0.05) is 44.8 Å². The van der Waals surface area contributed by atoms with Crippen LogP contribution in [0.25, 0.3) is 0 Å². The number of halogens is 2. The molecule has 1 aromatic rings. The van der Waals surface area contributed by atoms with E-state index in [1.807, 2.05) is 4.90 Å². The molecule has 1 aliphatic carbocycles. The van der Waals surface area contributed by atoms with Crippen molar-refractivity contribution < 1.29 is 19.1 Å². The van der Waals surface area contributed by atoms with Crippen LogP contribution in [-0.4, -0.2) is 103 Å². The molecule has 0 spiro atoms. The molecule has 0 radical (unpaired) electrons. The number of amides is 3. The highest BCUT2D eigenvalue weighted by Crippen LogP contribution is 2.32. The zero-order chi connectivity index (χ0) is 26.2. The zero-order valence-electron chi connectivity index (χ0n) is 20.8. The van der Waals surface area contributed by atoms with Crippen LogP contribution in [0, 0.1) is 5.92 Å². The summed E-state index contributed by atoms with van der Waals surface area (Å²) in [6, 6.07) is 5.64. The Balaban J connectivity index is 1.10. The monoisotopic (exact) mass is 552 g/mol. The average molecular weight is 553 g/mol. The minimum atomic E-state index is -0.863. The number of ether oxygens (including phenoxy) is 1. The second-order valence-electron chi connectivity index (χ2n) is 10.6. The normalized spacial score (nSPS) is 27.9. The highest BCUT2D eigenvalue weighted by Gasteiger charge is 2.46. The number of hydrogen-bond acceptors (Lipinski definition) is 7. The molecule has 3 amide bonds. The number of nitrogens with zero attached hydrogens (tertiary/aromatic N) is 3. The van der Waals surface area contributed by atoms with Crippen LogP contribution in [0.3, 0.4) is 0 Å². The summed E-state index contributed by atoms with van der Waals surface area (Å²) in [5, 5.41) is 7.22. The van der Waals surface area contributed by atoms with Crippen molar-refractivity contribution in [1.82, 2.24) is 25.3 Å². The Hall–Kier alpha value is -1.95. The summed E-state index contributed by atoms with van der Waals surface area (Å²) >= 11 is 12.0. The van der Waals surface area contributed by atoms with Gasteiger partial charge in [-0.1, -0.05) is 29.3 Å². The molecule has 37 heavy (non-hydrogen) atoms. The van der Waals surface area contributed by atoms with Gasteiger partial charge in [-0.3, -0.25) is 24.6 Å². The number of benzene rings is 1. The van der Waals surface area contributed by atoms with Gasteiger partial charge in [0.25, 0.3) is 0 Å². The zero-order valence-corrected chi connectivity index (χ0v) is 22.3. The molecule has 1 aromatic carbocycles. The van der Waals surface area contributed by atoms with Crippen molar-refractivity contribution in [3.05, 3.63) is 33.8 Å². The van der Waals surface area contributed by atoms with E-state index in [1.54, 1.807) is 23.1 Å². The summed E-state index contributed by atoms with van der Waals surface area (Å²) < 4.78 is 5.14.